The highest BCUT2D eigenvalue weighted by Gasteiger charge is 2.32. The maximum Gasteiger partial charge on any atom is 0.211 e. The molecule has 0 unspecified atom stereocenters. The van der Waals surface area contributed by atoms with E-state index in [4.69, 9.17) is 9.26 Å². The summed E-state index contributed by atoms with van der Waals surface area (Å²) in [4.78, 5) is 26.4. The molecule has 1 saturated carbocycles. The van der Waals surface area contributed by atoms with Crippen LogP contribution in [0.2, 0.25) is 0 Å². The molecule has 0 N–H and O–H groups in total. The SMILES string of the molecule is CN(CCOc1ccc2c(ccc3onc([C@H]4CCC(=O)CC4=O)c32)c1)C1CCN(S(C)(=O)=O)CC1. The Morgan fingerprint density at radius 2 is 1.92 bits per heavy atom. The Labute approximate surface area is 210 Å². The van der Waals surface area contributed by atoms with E-state index >= 15 is 0 Å². The van der Waals surface area contributed by atoms with E-state index in [0.29, 0.717) is 49.9 Å². The number of ether oxygens (including phenoxy) is 1. The van der Waals surface area contributed by atoms with Gasteiger partial charge in [-0.1, -0.05) is 11.2 Å². The van der Waals surface area contributed by atoms with Crippen molar-refractivity contribution >= 4 is 43.3 Å². The van der Waals surface area contributed by atoms with Crippen LogP contribution >= 0.6 is 0 Å². The Bertz CT molecular complexity index is 1410. The predicted molar refractivity (Wildman–Crippen MR) is 136 cm³/mol. The molecular weight excluding hydrogens is 482 g/mol. The largest absolute Gasteiger partial charge is 0.492 e. The zero-order valence-corrected chi connectivity index (χ0v) is 21.4. The molecular formula is C26H31N3O6S. The number of hydrogen-bond donors (Lipinski definition) is 0. The van der Waals surface area contributed by atoms with Crippen molar-refractivity contribution in [2.75, 3.05) is 39.5 Å². The number of piperidine rings is 1. The van der Waals surface area contributed by atoms with Crippen molar-refractivity contribution in [3.05, 3.63) is 36.0 Å². The smallest absolute Gasteiger partial charge is 0.211 e. The van der Waals surface area contributed by atoms with Crippen LogP contribution in [0.15, 0.2) is 34.9 Å². The van der Waals surface area contributed by atoms with Gasteiger partial charge in [0.05, 0.1) is 24.0 Å². The van der Waals surface area contributed by atoms with Crippen LogP contribution in [0.5, 0.6) is 5.75 Å². The van der Waals surface area contributed by atoms with Crippen molar-refractivity contribution in [1.29, 1.82) is 0 Å². The quantitative estimate of drug-likeness (QED) is 0.443. The van der Waals surface area contributed by atoms with E-state index in [1.165, 1.54) is 6.26 Å². The van der Waals surface area contributed by atoms with Crippen molar-refractivity contribution in [3.63, 3.8) is 0 Å². The van der Waals surface area contributed by atoms with Crippen molar-refractivity contribution < 1.29 is 27.3 Å². The van der Waals surface area contributed by atoms with Gasteiger partial charge < -0.3 is 9.26 Å². The van der Waals surface area contributed by atoms with Crippen LogP contribution in [0, 0.1) is 0 Å². The number of fused-ring (bicyclic) bond motifs is 3. The Hall–Kier alpha value is -2.82. The molecule has 10 heteroatoms. The monoisotopic (exact) mass is 513 g/mol. The van der Waals surface area contributed by atoms with Crippen LogP contribution < -0.4 is 4.74 Å². The van der Waals surface area contributed by atoms with E-state index in [2.05, 4.69) is 17.1 Å². The van der Waals surface area contributed by atoms with Crippen LogP contribution in [0.25, 0.3) is 21.7 Å². The molecule has 1 atom stereocenters. The summed E-state index contributed by atoms with van der Waals surface area (Å²) in [6.45, 7) is 2.36. The number of sulfonamides is 1. The van der Waals surface area contributed by atoms with Gasteiger partial charge in [0.2, 0.25) is 10.0 Å². The number of nitrogens with zero attached hydrogens (tertiary/aromatic N) is 3. The number of carbonyl (C=O) groups is 2. The fourth-order valence-electron chi connectivity index (χ4n) is 5.37. The summed E-state index contributed by atoms with van der Waals surface area (Å²) in [6, 6.07) is 10.00. The Balaban J connectivity index is 1.25. The number of ketones is 2. The molecule has 1 aliphatic carbocycles. The first-order chi connectivity index (χ1) is 17.2. The highest BCUT2D eigenvalue weighted by Crippen LogP contribution is 2.37. The summed E-state index contributed by atoms with van der Waals surface area (Å²) in [5, 5.41) is 6.95. The average molecular weight is 514 g/mol. The molecule has 2 fully saturated rings. The molecule has 3 aromatic rings. The van der Waals surface area contributed by atoms with Gasteiger partial charge in [-0.2, -0.15) is 0 Å². The molecule has 9 nitrogen and oxygen atoms in total. The van der Waals surface area contributed by atoms with E-state index < -0.39 is 15.9 Å². The van der Waals surface area contributed by atoms with Gasteiger partial charge >= 0.3 is 0 Å². The lowest BCUT2D eigenvalue weighted by molar-refractivity contribution is -0.130. The Morgan fingerprint density at radius 1 is 1.14 bits per heavy atom. The molecule has 0 radical (unpaired) electrons. The van der Waals surface area contributed by atoms with E-state index in [-0.39, 0.29) is 18.0 Å². The second kappa shape index (κ2) is 9.91. The normalized spacial score (nSPS) is 20.6. The Morgan fingerprint density at radius 3 is 2.64 bits per heavy atom. The topological polar surface area (TPSA) is 110 Å². The van der Waals surface area contributed by atoms with Gasteiger partial charge in [-0.3, -0.25) is 14.5 Å². The lowest BCUT2D eigenvalue weighted by Crippen LogP contribution is -2.46. The summed E-state index contributed by atoms with van der Waals surface area (Å²) in [6.07, 6.45) is 3.72. The van der Waals surface area contributed by atoms with Crippen molar-refractivity contribution in [2.24, 2.45) is 0 Å². The molecule has 2 heterocycles. The second-order valence-corrected chi connectivity index (χ2v) is 11.9. The van der Waals surface area contributed by atoms with Gasteiger partial charge in [0.15, 0.2) is 5.58 Å². The minimum absolute atomic E-state index is 0.0132. The summed E-state index contributed by atoms with van der Waals surface area (Å²) in [7, 11) is -1.07. The zero-order chi connectivity index (χ0) is 25.4. The van der Waals surface area contributed by atoms with E-state index in [9.17, 15) is 18.0 Å². The summed E-state index contributed by atoms with van der Waals surface area (Å²) in [5.41, 5.74) is 1.24. The molecule has 1 aliphatic heterocycles. The van der Waals surface area contributed by atoms with Gasteiger partial charge in [0.25, 0.3) is 0 Å². The Kier molecular flexibility index (Phi) is 6.84. The number of rotatable bonds is 7. The average Bonchev–Trinajstić information content (AvgIpc) is 3.28. The highest BCUT2D eigenvalue weighted by molar-refractivity contribution is 7.88. The van der Waals surface area contributed by atoms with Crippen LogP contribution in [-0.4, -0.2) is 79.9 Å². The maximum absolute atomic E-state index is 12.5. The van der Waals surface area contributed by atoms with Crippen molar-refractivity contribution in [2.45, 2.75) is 44.1 Å². The fraction of sp³-hybridized carbons (Fsp3) is 0.500. The maximum atomic E-state index is 12.5. The van der Waals surface area contributed by atoms with Gasteiger partial charge in [0.1, 0.15) is 29.6 Å². The third-order valence-corrected chi connectivity index (χ3v) is 8.79. The lowest BCUT2D eigenvalue weighted by atomic mass is 9.83. The van der Waals surface area contributed by atoms with E-state index in [1.54, 1.807) is 4.31 Å². The van der Waals surface area contributed by atoms with Crippen molar-refractivity contribution in [3.8, 4) is 5.75 Å². The highest BCUT2D eigenvalue weighted by atomic mass is 32.2. The standard InChI is InChI=1S/C26H31N3O6S/c1-28(18-9-11-29(12-10-18)36(2,32)33)13-14-34-20-5-7-21-17(15-20)3-8-24-25(21)26(27-35-24)22-6-4-19(30)16-23(22)31/h3,5,7-8,15,18,22H,4,6,9-14,16H2,1-2H3/t22-/m0/s1. The second-order valence-electron chi connectivity index (χ2n) is 9.88. The molecule has 0 bridgehead atoms. The van der Waals surface area contributed by atoms with Gasteiger partial charge in [-0.05, 0) is 61.3 Å². The van der Waals surface area contributed by atoms with Gasteiger partial charge in [-0.15, -0.1) is 0 Å². The number of Topliss-reactive ketones (excluding diaryl/α,β-unsaturated/α-hetero) is 2. The van der Waals surface area contributed by atoms with Crippen LogP contribution in [0.1, 0.15) is 43.7 Å². The molecule has 1 saturated heterocycles. The summed E-state index contributed by atoms with van der Waals surface area (Å²) < 4.78 is 36.6. The molecule has 2 aromatic carbocycles. The van der Waals surface area contributed by atoms with Crippen LogP contribution in [0.3, 0.4) is 0 Å². The van der Waals surface area contributed by atoms with Crippen molar-refractivity contribution in [1.82, 2.24) is 14.4 Å². The first-order valence-corrected chi connectivity index (χ1v) is 14.2. The number of benzene rings is 2. The summed E-state index contributed by atoms with van der Waals surface area (Å²) >= 11 is 0. The summed E-state index contributed by atoms with van der Waals surface area (Å²) in [5.74, 6) is 0.232. The zero-order valence-electron chi connectivity index (χ0n) is 20.6. The minimum Gasteiger partial charge on any atom is -0.492 e. The number of aromatic nitrogens is 1. The fourth-order valence-corrected chi connectivity index (χ4v) is 6.24. The third kappa shape index (κ3) is 5.02. The van der Waals surface area contributed by atoms with Crippen LogP contribution in [-0.2, 0) is 19.6 Å². The minimum atomic E-state index is -3.12. The third-order valence-electron chi connectivity index (χ3n) is 7.48. The first kappa shape index (κ1) is 24.9. The lowest BCUT2D eigenvalue weighted by Gasteiger charge is -2.35. The molecule has 5 rings (SSSR count). The number of carbonyl (C=O) groups excluding carboxylic acids is 2. The number of hydrogen-bond acceptors (Lipinski definition) is 8. The predicted octanol–water partition coefficient (Wildman–Crippen LogP) is 3.12. The van der Waals surface area contributed by atoms with E-state index in [0.717, 1.165) is 41.3 Å². The molecule has 0 spiro atoms. The molecule has 192 valence electrons. The molecule has 0 amide bonds. The molecule has 36 heavy (non-hydrogen) atoms. The van der Waals surface area contributed by atoms with Gasteiger partial charge in [0, 0.05) is 32.1 Å². The van der Waals surface area contributed by atoms with Crippen LogP contribution in [0.4, 0.5) is 0 Å². The first-order valence-electron chi connectivity index (χ1n) is 12.4. The molecule has 2 aliphatic rings. The van der Waals surface area contributed by atoms with Gasteiger partial charge in [-0.25, -0.2) is 12.7 Å². The molecule has 1 aromatic heterocycles. The van der Waals surface area contributed by atoms with E-state index in [1.807, 2.05) is 30.3 Å². The number of likely N-dealkylation sites (N-methyl/N-ethyl adjacent to an activating group) is 1.